The standard InChI is InChI=1S/C19H20FN3O/c1-19(2)11-21-16-8-13(7-12-3-5-14(20)6-4-12)18-22-15(10-24)9-23(18)17(16)19/h3-6,8-9,21,24H,7,10-11H2,1-2H3. The van der Waals surface area contributed by atoms with Crippen molar-refractivity contribution in [2.75, 3.05) is 11.9 Å². The Morgan fingerprint density at radius 1 is 1.29 bits per heavy atom. The van der Waals surface area contributed by atoms with E-state index >= 15 is 0 Å². The molecule has 0 saturated heterocycles. The van der Waals surface area contributed by atoms with Crippen LogP contribution in [0.1, 0.15) is 36.4 Å². The zero-order valence-corrected chi connectivity index (χ0v) is 13.8. The number of hydrogen-bond donors (Lipinski definition) is 2. The number of aliphatic hydroxyl groups is 1. The molecule has 1 aliphatic rings. The van der Waals surface area contributed by atoms with Gasteiger partial charge in [0.2, 0.25) is 0 Å². The number of rotatable bonds is 3. The number of imidazole rings is 1. The predicted octanol–water partition coefficient (Wildman–Crippen LogP) is 3.26. The molecule has 0 saturated carbocycles. The van der Waals surface area contributed by atoms with Crippen LogP contribution in [0.5, 0.6) is 0 Å². The van der Waals surface area contributed by atoms with Crippen LogP contribution in [0.15, 0.2) is 36.5 Å². The van der Waals surface area contributed by atoms with Gasteiger partial charge < -0.3 is 14.8 Å². The molecule has 3 heterocycles. The van der Waals surface area contributed by atoms with Gasteiger partial charge in [0.05, 0.1) is 23.7 Å². The van der Waals surface area contributed by atoms with Gasteiger partial charge in [0.15, 0.2) is 0 Å². The van der Waals surface area contributed by atoms with E-state index in [1.807, 2.05) is 6.20 Å². The Bertz CT molecular complexity index is 913. The average molecular weight is 325 g/mol. The van der Waals surface area contributed by atoms with Crippen LogP contribution in [0.3, 0.4) is 0 Å². The lowest BCUT2D eigenvalue weighted by molar-refractivity contribution is 0.277. The van der Waals surface area contributed by atoms with Gasteiger partial charge in [-0.2, -0.15) is 0 Å². The number of nitrogens with zero attached hydrogens (tertiary/aromatic N) is 2. The maximum Gasteiger partial charge on any atom is 0.141 e. The molecule has 124 valence electrons. The van der Waals surface area contributed by atoms with Crippen molar-refractivity contribution in [2.24, 2.45) is 0 Å². The number of nitrogens with one attached hydrogen (secondary N) is 1. The Morgan fingerprint density at radius 2 is 2.04 bits per heavy atom. The van der Waals surface area contributed by atoms with E-state index in [9.17, 15) is 9.50 Å². The molecule has 24 heavy (non-hydrogen) atoms. The number of halogens is 1. The van der Waals surface area contributed by atoms with Crippen molar-refractivity contribution >= 4 is 11.3 Å². The molecule has 2 aromatic heterocycles. The zero-order valence-electron chi connectivity index (χ0n) is 13.8. The minimum Gasteiger partial charge on any atom is -0.390 e. The van der Waals surface area contributed by atoms with Crippen molar-refractivity contribution in [3.05, 3.63) is 64.9 Å². The Kier molecular flexibility index (Phi) is 3.35. The van der Waals surface area contributed by atoms with Crippen molar-refractivity contribution in [3.63, 3.8) is 0 Å². The summed E-state index contributed by atoms with van der Waals surface area (Å²) < 4.78 is 15.2. The highest BCUT2D eigenvalue weighted by Crippen LogP contribution is 2.38. The second kappa shape index (κ2) is 5.31. The van der Waals surface area contributed by atoms with E-state index in [1.54, 1.807) is 12.1 Å². The van der Waals surface area contributed by atoms with Crippen molar-refractivity contribution in [3.8, 4) is 0 Å². The number of hydrogen-bond acceptors (Lipinski definition) is 3. The first-order chi connectivity index (χ1) is 11.5. The molecule has 5 heteroatoms. The Hall–Kier alpha value is -2.40. The predicted molar refractivity (Wildman–Crippen MR) is 91.8 cm³/mol. The third-order valence-electron chi connectivity index (χ3n) is 4.69. The lowest BCUT2D eigenvalue weighted by atomic mass is 9.90. The van der Waals surface area contributed by atoms with E-state index in [-0.39, 0.29) is 17.8 Å². The van der Waals surface area contributed by atoms with Gasteiger partial charge in [0, 0.05) is 30.1 Å². The van der Waals surface area contributed by atoms with Crippen molar-refractivity contribution in [1.29, 1.82) is 0 Å². The summed E-state index contributed by atoms with van der Waals surface area (Å²) in [6, 6.07) is 8.69. The summed E-state index contributed by atoms with van der Waals surface area (Å²) in [5.74, 6) is -0.232. The van der Waals surface area contributed by atoms with E-state index in [0.717, 1.165) is 29.0 Å². The summed E-state index contributed by atoms with van der Waals surface area (Å²) in [4.78, 5) is 4.60. The van der Waals surface area contributed by atoms with Gasteiger partial charge in [0.25, 0.3) is 0 Å². The monoisotopic (exact) mass is 325 g/mol. The van der Waals surface area contributed by atoms with Crippen LogP contribution >= 0.6 is 0 Å². The summed E-state index contributed by atoms with van der Waals surface area (Å²) in [6.45, 7) is 5.18. The molecule has 1 aromatic carbocycles. The van der Waals surface area contributed by atoms with Crippen LogP contribution < -0.4 is 5.32 Å². The maximum absolute atomic E-state index is 13.1. The molecule has 4 rings (SSSR count). The average Bonchev–Trinajstić information content (AvgIpc) is 3.10. The molecule has 0 spiro atoms. The first-order valence-corrected chi connectivity index (χ1v) is 8.11. The van der Waals surface area contributed by atoms with Gasteiger partial charge in [-0.25, -0.2) is 9.37 Å². The molecular formula is C19H20FN3O. The summed E-state index contributed by atoms with van der Waals surface area (Å²) in [5.41, 5.74) is 5.90. The van der Waals surface area contributed by atoms with E-state index in [2.05, 4.69) is 34.6 Å². The van der Waals surface area contributed by atoms with Crippen molar-refractivity contribution < 1.29 is 9.50 Å². The third-order valence-corrected chi connectivity index (χ3v) is 4.69. The molecule has 2 N–H and O–H groups in total. The van der Waals surface area contributed by atoms with Gasteiger partial charge >= 0.3 is 0 Å². The second-order valence-electron chi connectivity index (χ2n) is 7.06. The van der Waals surface area contributed by atoms with Crippen LogP contribution in [0.25, 0.3) is 5.65 Å². The summed E-state index contributed by atoms with van der Waals surface area (Å²) in [6.07, 6.45) is 2.58. The fourth-order valence-corrected chi connectivity index (χ4v) is 3.52. The molecule has 0 unspecified atom stereocenters. The number of aliphatic hydroxyl groups excluding tert-OH is 1. The molecule has 0 radical (unpaired) electrons. The topological polar surface area (TPSA) is 49.6 Å². The second-order valence-corrected chi connectivity index (χ2v) is 7.06. The number of pyridine rings is 1. The van der Waals surface area contributed by atoms with Crippen molar-refractivity contribution in [1.82, 2.24) is 9.38 Å². The van der Waals surface area contributed by atoms with E-state index in [4.69, 9.17) is 0 Å². The van der Waals surface area contributed by atoms with Gasteiger partial charge in [-0.15, -0.1) is 0 Å². The third kappa shape index (κ3) is 2.36. The summed E-state index contributed by atoms with van der Waals surface area (Å²) in [5, 5.41) is 13.0. The SMILES string of the molecule is CC1(C)CNc2cc(Cc3ccc(F)cc3)c3nc(CO)cn3c21. The highest BCUT2D eigenvalue weighted by atomic mass is 19.1. The zero-order chi connectivity index (χ0) is 16.9. The van der Waals surface area contributed by atoms with Crippen LogP contribution in [-0.4, -0.2) is 21.0 Å². The number of anilines is 1. The fraction of sp³-hybridized carbons (Fsp3) is 0.316. The minimum atomic E-state index is -0.232. The maximum atomic E-state index is 13.1. The van der Waals surface area contributed by atoms with Crippen LogP contribution in [-0.2, 0) is 18.4 Å². The van der Waals surface area contributed by atoms with E-state index in [1.165, 1.54) is 17.8 Å². The van der Waals surface area contributed by atoms with Crippen molar-refractivity contribution in [2.45, 2.75) is 32.3 Å². The quantitative estimate of drug-likeness (QED) is 0.777. The van der Waals surface area contributed by atoms with Crippen LogP contribution in [0, 0.1) is 5.82 Å². The molecule has 1 aliphatic heterocycles. The number of benzene rings is 1. The molecule has 0 amide bonds. The van der Waals surface area contributed by atoms with Gasteiger partial charge in [0.1, 0.15) is 11.5 Å². The summed E-state index contributed by atoms with van der Waals surface area (Å²) >= 11 is 0. The fourth-order valence-electron chi connectivity index (χ4n) is 3.52. The molecule has 0 fully saturated rings. The Morgan fingerprint density at radius 3 is 2.75 bits per heavy atom. The Labute approximate surface area is 140 Å². The molecule has 3 aromatic rings. The highest BCUT2D eigenvalue weighted by molar-refractivity contribution is 5.67. The minimum absolute atomic E-state index is 0.00455. The largest absolute Gasteiger partial charge is 0.390 e. The lowest BCUT2D eigenvalue weighted by Crippen LogP contribution is -2.21. The van der Waals surface area contributed by atoms with Gasteiger partial charge in [-0.1, -0.05) is 26.0 Å². The Balaban J connectivity index is 1.89. The van der Waals surface area contributed by atoms with E-state index in [0.29, 0.717) is 12.1 Å². The van der Waals surface area contributed by atoms with Gasteiger partial charge in [-0.3, -0.25) is 0 Å². The molecule has 0 aliphatic carbocycles. The number of aromatic nitrogens is 2. The van der Waals surface area contributed by atoms with Crippen LogP contribution in [0.4, 0.5) is 10.1 Å². The molecule has 0 atom stereocenters. The smallest absolute Gasteiger partial charge is 0.141 e. The lowest BCUT2D eigenvalue weighted by Gasteiger charge is -2.19. The summed E-state index contributed by atoms with van der Waals surface area (Å²) in [7, 11) is 0. The first-order valence-electron chi connectivity index (χ1n) is 8.11. The number of fused-ring (bicyclic) bond motifs is 3. The highest BCUT2D eigenvalue weighted by Gasteiger charge is 2.33. The van der Waals surface area contributed by atoms with Crippen LogP contribution in [0.2, 0.25) is 0 Å². The normalized spacial score (nSPS) is 15.5. The molecule has 4 nitrogen and oxygen atoms in total. The molecule has 0 bridgehead atoms. The molecular weight excluding hydrogens is 305 g/mol. The first kappa shape index (κ1) is 15.1. The van der Waals surface area contributed by atoms with E-state index < -0.39 is 0 Å². The van der Waals surface area contributed by atoms with Gasteiger partial charge in [-0.05, 0) is 23.8 Å².